The highest BCUT2D eigenvalue weighted by Crippen LogP contribution is 2.29. The molecule has 0 spiro atoms. The van der Waals surface area contributed by atoms with Gasteiger partial charge in [0.25, 0.3) is 5.91 Å². The van der Waals surface area contributed by atoms with Gasteiger partial charge in [0, 0.05) is 12.0 Å². The molecule has 0 aliphatic heterocycles. The molecule has 4 nitrogen and oxygen atoms in total. The quantitative estimate of drug-likeness (QED) is 0.391. The molecular weight excluding hydrogens is 381 g/mol. The predicted molar refractivity (Wildman–Crippen MR) is 115 cm³/mol. The Labute approximate surface area is 173 Å². The number of rotatable bonds is 5. The Morgan fingerprint density at radius 3 is 2.13 bits per heavy atom. The number of carbonyl (C=O) groups excluding carboxylic acids is 2. The predicted octanol–water partition coefficient (Wildman–Crippen LogP) is 4.65. The lowest BCUT2D eigenvalue weighted by Gasteiger charge is -2.19. The number of nitrogens with one attached hydrogen (secondary N) is 1. The molecule has 4 aromatic carbocycles. The summed E-state index contributed by atoms with van der Waals surface area (Å²) >= 11 is 0. The minimum Gasteiger partial charge on any atom is -0.467 e. The first kappa shape index (κ1) is 19.6. The van der Waals surface area contributed by atoms with Crippen LogP contribution in [0.3, 0.4) is 0 Å². The third kappa shape index (κ3) is 3.87. The van der Waals surface area contributed by atoms with Crippen molar-refractivity contribution in [2.24, 2.45) is 0 Å². The maximum atomic E-state index is 13.5. The van der Waals surface area contributed by atoms with E-state index in [2.05, 4.69) is 11.4 Å². The van der Waals surface area contributed by atoms with Gasteiger partial charge in [0.15, 0.2) is 0 Å². The molecule has 4 rings (SSSR count). The van der Waals surface area contributed by atoms with E-state index in [1.54, 1.807) is 0 Å². The summed E-state index contributed by atoms with van der Waals surface area (Å²) in [5.74, 6) is -1.61. The fraction of sp³-hybridized carbons (Fsp3) is 0.120. The normalized spacial score (nSPS) is 11.9. The van der Waals surface area contributed by atoms with Gasteiger partial charge in [0.05, 0.1) is 7.11 Å². The monoisotopic (exact) mass is 401 g/mol. The Hall–Kier alpha value is -3.73. The fourth-order valence-corrected chi connectivity index (χ4v) is 3.74. The molecule has 0 bridgehead atoms. The van der Waals surface area contributed by atoms with Crippen LogP contribution in [0.25, 0.3) is 21.5 Å². The molecule has 0 saturated carbocycles. The number of esters is 1. The van der Waals surface area contributed by atoms with Crippen LogP contribution in [0.1, 0.15) is 15.9 Å². The second kappa shape index (κ2) is 8.33. The van der Waals surface area contributed by atoms with Crippen LogP contribution in [-0.4, -0.2) is 25.0 Å². The van der Waals surface area contributed by atoms with Crippen molar-refractivity contribution in [3.05, 3.63) is 95.8 Å². The van der Waals surface area contributed by atoms with E-state index in [0.717, 1.165) is 33.2 Å². The van der Waals surface area contributed by atoms with Crippen LogP contribution in [0.15, 0.2) is 78.9 Å². The van der Waals surface area contributed by atoms with Gasteiger partial charge in [-0.25, -0.2) is 9.18 Å². The number of hydrogen-bond acceptors (Lipinski definition) is 3. The lowest BCUT2D eigenvalue weighted by Crippen LogP contribution is -2.43. The van der Waals surface area contributed by atoms with Crippen molar-refractivity contribution in [1.82, 2.24) is 5.32 Å². The fourth-order valence-electron chi connectivity index (χ4n) is 3.74. The molecular formula is C25H20FNO3. The number of benzene rings is 4. The average Bonchev–Trinajstić information content (AvgIpc) is 2.77. The molecule has 150 valence electrons. The third-order valence-electron chi connectivity index (χ3n) is 5.17. The number of amides is 1. The lowest BCUT2D eigenvalue weighted by molar-refractivity contribution is -0.142. The summed E-state index contributed by atoms with van der Waals surface area (Å²) in [6, 6.07) is 22.4. The minimum atomic E-state index is -0.917. The highest BCUT2D eigenvalue weighted by Gasteiger charge is 2.24. The Kier molecular flexibility index (Phi) is 5.44. The molecule has 4 aromatic rings. The number of halogens is 1. The summed E-state index contributed by atoms with van der Waals surface area (Å²) in [6.07, 6.45) is 0.246. The molecule has 0 heterocycles. The van der Waals surface area contributed by atoms with Gasteiger partial charge in [-0.1, -0.05) is 54.6 Å². The van der Waals surface area contributed by atoms with E-state index in [1.807, 2.05) is 48.5 Å². The van der Waals surface area contributed by atoms with Crippen LogP contribution >= 0.6 is 0 Å². The summed E-state index contributed by atoms with van der Waals surface area (Å²) < 4.78 is 18.5. The molecule has 0 unspecified atom stereocenters. The molecule has 5 heteroatoms. The van der Waals surface area contributed by atoms with E-state index < -0.39 is 23.7 Å². The van der Waals surface area contributed by atoms with Gasteiger partial charge >= 0.3 is 5.97 Å². The largest absolute Gasteiger partial charge is 0.467 e. The van der Waals surface area contributed by atoms with E-state index in [1.165, 1.54) is 25.3 Å². The van der Waals surface area contributed by atoms with Crippen LogP contribution < -0.4 is 5.32 Å². The smallest absolute Gasteiger partial charge is 0.328 e. The van der Waals surface area contributed by atoms with Crippen molar-refractivity contribution in [2.45, 2.75) is 12.5 Å². The molecule has 1 atom stereocenters. The van der Waals surface area contributed by atoms with Crippen molar-refractivity contribution in [2.75, 3.05) is 7.11 Å². The molecule has 0 radical (unpaired) electrons. The van der Waals surface area contributed by atoms with E-state index in [-0.39, 0.29) is 12.0 Å². The van der Waals surface area contributed by atoms with Gasteiger partial charge < -0.3 is 10.1 Å². The van der Waals surface area contributed by atoms with Crippen molar-refractivity contribution < 1.29 is 18.7 Å². The summed E-state index contributed by atoms with van der Waals surface area (Å²) in [4.78, 5) is 25.2. The molecule has 0 aliphatic rings. The van der Waals surface area contributed by atoms with Gasteiger partial charge in [-0.05, 0) is 51.4 Å². The first-order chi connectivity index (χ1) is 14.6. The van der Waals surface area contributed by atoms with Gasteiger partial charge in [-0.3, -0.25) is 4.79 Å². The highest BCUT2D eigenvalue weighted by molar-refractivity contribution is 6.03. The van der Waals surface area contributed by atoms with E-state index in [0.29, 0.717) is 0 Å². The summed E-state index contributed by atoms with van der Waals surface area (Å²) in [5, 5.41) is 6.81. The zero-order valence-electron chi connectivity index (χ0n) is 16.4. The number of fused-ring (bicyclic) bond motifs is 2. The lowest BCUT2D eigenvalue weighted by atomic mass is 9.92. The van der Waals surface area contributed by atoms with Crippen molar-refractivity contribution >= 4 is 33.4 Å². The first-order valence-corrected chi connectivity index (χ1v) is 9.60. The number of carbonyl (C=O) groups is 2. The molecule has 1 amide bonds. The van der Waals surface area contributed by atoms with E-state index in [4.69, 9.17) is 4.74 Å². The molecule has 0 aromatic heterocycles. The maximum absolute atomic E-state index is 13.5. The van der Waals surface area contributed by atoms with Gasteiger partial charge in [0.1, 0.15) is 11.9 Å². The number of ether oxygens (including phenoxy) is 1. The Balaban J connectivity index is 1.75. The Morgan fingerprint density at radius 2 is 1.53 bits per heavy atom. The third-order valence-corrected chi connectivity index (χ3v) is 5.17. The second-order valence-electron chi connectivity index (χ2n) is 7.06. The zero-order valence-corrected chi connectivity index (χ0v) is 16.4. The minimum absolute atomic E-state index is 0.145. The highest BCUT2D eigenvalue weighted by atomic mass is 19.1. The molecule has 0 aliphatic carbocycles. The van der Waals surface area contributed by atoms with Crippen molar-refractivity contribution in [3.63, 3.8) is 0 Å². The number of methoxy groups -OCH3 is 1. The molecule has 1 N–H and O–H groups in total. The van der Waals surface area contributed by atoms with Gasteiger partial charge in [0.2, 0.25) is 0 Å². The van der Waals surface area contributed by atoms with Crippen LogP contribution in [0, 0.1) is 5.82 Å². The van der Waals surface area contributed by atoms with Crippen molar-refractivity contribution in [1.29, 1.82) is 0 Å². The van der Waals surface area contributed by atoms with Gasteiger partial charge in [-0.2, -0.15) is 0 Å². The van der Waals surface area contributed by atoms with Crippen LogP contribution in [0.4, 0.5) is 4.39 Å². The molecule has 0 saturated heterocycles. The summed E-state index contributed by atoms with van der Waals surface area (Å²) in [5.41, 5.74) is 1.09. The summed E-state index contributed by atoms with van der Waals surface area (Å²) in [6.45, 7) is 0. The van der Waals surface area contributed by atoms with E-state index >= 15 is 0 Å². The van der Waals surface area contributed by atoms with Crippen molar-refractivity contribution in [3.8, 4) is 0 Å². The SMILES string of the molecule is COC(=O)[C@@H](Cc1c2ccccc2cc2ccccc12)NC(=O)c1cccc(F)c1. The molecule has 0 fully saturated rings. The summed E-state index contributed by atoms with van der Waals surface area (Å²) in [7, 11) is 1.28. The Morgan fingerprint density at radius 1 is 0.900 bits per heavy atom. The zero-order chi connectivity index (χ0) is 21.1. The first-order valence-electron chi connectivity index (χ1n) is 9.60. The standard InChI is InChI=1S/C25H20FNO3/c1-30-25(29)23(27-24(28)18-9-6-10-19(26)14-18)15-22-20-11-4-2-7-16(20)13-17-8-3-5-12-21(17)22/h2-14,23H,15H2,1H3,(H,27,28)/t23-/m1/s1. The van der Waals surface area contributed by atoms with Gasteiger partial charge in [-0.15, -0.1) is 0 Å². The Bertz CT molecular complexity index is 1200. The number of hydrogen-bond donors (Lipinski definition) is 1. The van der Waals surface area contributed by atoms with Crippen LogP contribution in [0.5, 0.6) is 0 Å². The van der Waals surface area contributed by atoms with Crippen LogP contribution in [0.2, 0.25) is 0 Å². The second-order valence-corrected chi connectivity index (χ2v) is 7.06. The maximum Gasteiger partial charge on any atom is 0.328 e. The average molecular weight is 401 g/mol. The molecule has 30 heavy (non-hydrogen) atoms. The topological polar surface area (TPSA) is 55.4 Å². The van der Waals surface area contributed by atoms with E-state index in [9.17, 15) is 14.0 Å². The van der Waals surface area contributed by atoms with Crippen LogP contribution in [-0.2, 0) is 16.0 Å².